The van der Waals surface area contributed by atoms with Crippen LogP contribution in [0.2, 0.25) is 0 Å². The number of rotatable bonds is 2. The van der Waals surface area contributed by atoms with Gasteiger partial charge in [0.15, 0.2) is 0 Å². The van der Waals surface area contributed by atoms with E-state index in [1.807, 2.05) is 11.1 Å². The van der Waals surface area contributed by atoms with Gasteiger partial charge in [-0.2, -0.15) is 0 Å². The summed E-state index contributed by atoms with van der Waals surface area (Å²) in [5.41, 5.74) is 1.12. The molecule has 2 heterocycles. The Kier molecular flexibility index (Phi) is 2.98. The van der Waals surface area contributed by atoms with Gasteiger partial charge in [-0.15, -0.1) is 0 Å². The average molecular weight is 261 g/mol. The van der Waals surface area contributed by atoms with E-state index in [9.17, 15) is 9.50 Å². The van der Waals surface area contributed by atoms with E-state index in [0.29, 0.717) is 24.3 Å². The van der Waals surface area contributed by atoms with Crippen LogP contribution in [0.4, 0.5) is 10.1 Å². The summed E-state index contributed by atoms with van der Waals surface area (Å²) < 4.78 is 16.2. The minimum atomic E-state index is -0.688. The van der Waals surface area contributed by atoms with E-state index in [1.54, 1.807) is 25.3 Å². The van der Waals surface area contributed by atoms with Crippen molar-refractivity contribution in [3.05, 3.63) is 47.8 Å². The number of aliphatic hydroxyl groups excluding tert-OH is 1. The Hall–Kier alpha value is -1.88. The molecule has 19 heavy (non-hydrogen) atoms. The molecule has 0 spiro atoms. The normalized spacial score (nSPS) is 16.3. The number of anilines is 1. The molecular formula is C14H16FN3O. The van der Waals surface area contributed by atoms with Crippen molar-refractivity contribution >= 4 is 5.69 Å². The minimum absolute atomic E-state index is 0.293. The predicted molar refractivity (Wildman–Crippen MR) is 70.3 cm³/mol. The van der Waals surface area contributed by atoms with Crippen LogP contribution in [0.3, 0.4) is 0 Å². The molecule has 1 N–H and O–H groups in total. The van der Waals surface area contributed by atoms with Crippen LogP contribution < -0.4 is 4.90 Å². The van der Waals surface area contributed by atoms with Crippen molar-refractivity contribution in [2.24, 2.45) is 0 Å². The number of halogens is 1. The lowest BCUT2D eigenvalue weighted by Gasteiger charge is -2.32. The minimum Gasteiger partial charge on any atom is -0.389 e. The van der Waals surface area contributed by atoms with Gasteiger partial charge in [0.25, 0.3) is 0 Å². The number of aliphatic hydroxyl groups is 1. The van der Waals surface area contributed by atoms with E-state index < -0.39 is 6.10 Å². The Morgan fingerprint density at radius 3 is 3.00 bits per heavy atom. The Labute approximate surface area is 111 Å². The molecular weight excluding hydrogens is 245 g/mol. The van der Waals surface area contributed by atoms with Crippen LogP contribution in [0, 0.1) is 5.82 Å². The van der Waals surface area contributed by atoms with Crippen LogP contribution in [0.15, 0.2) is 30.6 Å². The Morgan fingerprint density at radius 1 is 1.37 bits per heavy atom. The Morgan fingerprint density at radius 2 is 2.21 bits per heavy atom. The zero-order valence-electron chi connectivity index (χ0n) is 10.8. The molecule has 4 nitrogen and oxygen atoms in total. The molecule has 1 aliphatic rings. The SMILES string of the molecule is C[C@@H](O)c1cccc(F)c1N1CCn2ccnc2C1. The van der Waals surface area contributed by atoms with Crippen LogP contribution in [-0.4, -0.2) is 21.2 Å². The van der Waals surface area contributed by atoms with Crippen molar-refractivity contribution in [2.75, 3.05) is 11.4 Å². The van der Waals surface area contributed by atoms with E-state index in [0.717, 1.165) is 12.4 Å². The highest BCUT2D eigenvalue weighted by Crippen LogP contribution is 2.31. The molecule has 1 aromatic carbocycles. The van der Waals surface area contributed by atoms with Gasteiger partial charge in [-0.05, 0) is 13.0 Å². The first-order valence-electron chi connectivity index (χ1n) is 6.38. The number of hydrogen-bond donors (Lipinski definition) is 1. The molecule has 3 rings (SSSR count). The maximum absolute atomic E-state index is 14.1. The number of nitrogens with zero attached hydrogens (tertiary/aromatic N) is 3. The van der Waals surface area contributed by atoms with E-state index in [1.165, 1.54) is 6.07 Å². The first-order valence-corrected chi connectivity index (χ1v) is 6.38. The molecule has 1 atom stereocenters. The maximum Gasteiger partial charge on any atom is 0.146 e. The molecule has 1 aromatic heterocycles. The molecule has 2 aromatic rings. The van der Waals surface area contributed by atoms with Gasteiger partial charge >= 0.3 is 0 Å². The number of hydrogen-bond acceptors (Lipinski definition) is 3. The van der Waals surface area contributed by atoms with Gasteiger partial charge in [-0.1, -0.05) is 12.1 Å². The zero-order chi connectivity index (χ0) is 13.4. The summed E-state index contributed by atoms with van der Waals surface area (Å²) >= 11 is 0. The van der Waals surface area contributed by atoms with Gasteiger partial charge in [0.1, 0.15) is 11.6 Å². The van der Waals surface area contributed by atoms with Crippen LogP contribution >= 0.6 is 0 Å². The third kappa shape index (κ3) is 2.10. The molecule has 0 bridgehead atoms. The maximum atomic E-state index is 14.1. The van der Waals surface area contributed by atoms with Crippen LogP contribution in [0.5, 0.6) is 0 Å². The molecule has 5 heteroatoms. The molecule has 0 saturated carbocycles. The van der Waals surface area contributed by atoms with Gasteiger partial charge < -0.3 is 14.6 Å². The summed E-state index contributed by atoms with van der Waals surface area (Å²) in [6.07, 6.45) is 3.01. The number of imidazole rings is 1. The lowest BCUT2D eigenvalue weighted by atomic mass is 10.1. The largest absolute Gasteiger partial charge is 0.389 e. The molecule has 1 aliphatic heterocycles. The second kappa shape index (κ2) is 4.66. The van der Waals surface area contributed by atoms with Gasteiger partial charge in [0.05, 0.1) is 18.3 Å². The average Bonchev–Trinajstić information content (AvgIpc) is 2.85. The highest BCUT2D eigenvalue weighted by atomic mass is 19.1. The number of aromatic nitrogens is 2. The van der Waals surface area contributed by atoms with Crippen molar-refractivity contribution < 1.29 is 9.50 Å². The van der Waals surface area contributed by atoms with E-state index in [4.69, 9.17) is 0 Å². The second-order valence-electron chi connectivity index (χ2n) is 4.81. The third-order valence-electron chi connectivity index (χ3n) is 3.53. The fourth-order valence-electron chi connectivity index (χ4n) is 2.57. The van der Waals surface area contributed by atoms with Crippen molar-refractivity contribution in [3.8, 4) is 0 Å². The van der Waals surface area contributed by atoms with Crippen LogP contribution in [-0.2, 0) is 13.1 Å². The molecule has 0 radical (unpaired) electrons. The van der Waals surface area contributed by atoms with E-state index in [2.05, 4.69) is 9.55 Å². The number of benzene rings is 1. The highest BCUT2D eigenvalue weighted by molar-refractivity contribution is 5.56. The van der Waals surface area contributed by atoms with E-state index >= 15 is 0 Å². The van der Waals surface area contributed by atoms with E-state index in [-0.39, 0.29) is 5.82 Å². The van der Waals surface area contributed by atoms with Crippen LogP contribution in [0.1, 0.15) is 24.4 Å². The predicted octanol–water partition coefficient (Wildman–Crippen LogP) is 2.10. The monoisotopic (exact) mass is 261 g/mol. The summed E-state index contributed by atoms with van der Waals surface area (Å²) in [5.74, 6) is 0.629. The topological polar surface area (TPSA) is 41.3 Å². The quantitative estimate of drug-likeness (QED) is 0.900. The number of para-hydroxylation sites is 1. The first-order chi connectivity index (χ1) is 9.16. The molecule has 100 valence electrons. The summed E-state index contributed by atoms with van der Waals surface area (Å²) in [5, 5.41) is 9.80. The first kappa shape index (κ1) is 12.2. The summed E-state index contributed by atoms with van der Waals surface area (Å²) in [7, 11) is 0. The fourth-order valence-corrected chi connectivity index (χ4v) is 2.57. The second-order valence-corrected chi connectivity index (χ2v) is 4.81. The third-order valence-corrected chi connectivity index (χ3v) is 3.53. The molecule has 0 aliphatic carbocycles. The lowest BCUT2D eigenvalue weighted by molar-refractivity contribution is 0.199. The zero-order valence-corrected chi connectivity index (χ0v) is 10.8. The lowest BCUT2D eigenvalue weighted by Crippen LogP contribution is -2.35. The Bertz CT molecular complexity index is 594. The van der Waals surface area contributed by atoms with Gasteiger partial charge in [0.2, 0.25) is 0 Å². The fraction of sp³-hybridized carbons (Fsp3) is 0.357. The van der Waals surface area contributed by atoms with Crippen molar-refractivity contribution in [2.45, 2.75) is 26.1 Å². The Balaban J connectivity index is 2.00. The van der Waals surface area contributed by atoms with Gasteiger partial charge in [-0.25, -0.2) is 9.37 Å². The van der Waals surface area contributed by atoms with Crippen molar-refractivity contribution in [1.82, 2.24) is 9.55 Å². The van der Waals surface area contributed by atoms with Gasteiger partial charge in [-0.3, -0.25) is 0 Å². The highest BCUT2D eigenvalue weighted by Gasteiger charge is 2.23. The molecule has 0 fully saturated rings. The number of fused-ring (bicyclic) bond motifs is 1. The van der Waals surface area contributed by atoms with Crippen LogP contribution in [0.25, 0.3) is 0 Å². The molecule has 0 amide bonds. The smallest absolute Gasteiger partial charge is 0.146 e. The standard InChI is InChI=1S/C14H16FN3O/c1-10(19)11-3-2-4-12(15)14(11)18-8-7-17-6-5-16-13(17)9-18/h2-6,10,19H,7-9H2,1H3/t10-/m1/s1. The summed E-state index contributed by atoms with van der Waals surface area (Å²) in [6.45, 7) is 3.71. The van der Waals surface area contributed by atoms with Crippen molar-refractivity contribution in [3.63, 3.8) is 0 Å². The molecule has 0 unspecified atom stereocenters. The van der Waals surface area contributed by atoms with Crippen molar-refractivity contribution in [1.29, 1.82) is 0 Å². The van der Waals surface area contributed by atoms with Gasteiger partial charge in [0, 0.05) is 31.0 Å². The summed E-state index contributed by atoms with van der Waals surface area (Å²) in [4.78, 5) is 6.22. The molecule has 0 saturated heterocycles. The summed E-state index contributed by atoms with van der Waals surface area (Å²) in [6, 6.07) is 4.83.